The maximum absolute atomic E-state index is 8.42. The van der Waals surface area contributed by atoms with E-state index >= 15 is 0 Å². The number of pyridine rings is 1. The van der Waals surface area contributed by atoms with Gasteiger partial charge in [0.25, 0.3) is 0 Å². The number of H-pyrrole nitrogens is 1. The monoisotopic (exact) mass is 198 g/mol. The van der Waals surface area contributed by atoms with Crippen LogP contribution in [0, 0.1) is 0 Å². The molecule has 0 saturated heterocycles. The summed E-state index contributed by atoms with van der Waals surface area (Å²) in [6, 6.07) is 9.03. The fourth-order valence-corrected chi connectivity index (χ4v) is 0.633. The predicted octanol–water partition coefficient (Wildman–Crippen LogP) is 2.22. The number of rotatable bonds is 0. The van der Waals surface area contributed by atoms with Gasteiger partial charge in [0.2, 0.25) is 0 Å². The molecule has 4 heteroatoms. The summed E-state index contributed by atoms with van der Waals surface area (Å²) < 4.78 is 0. The molecule has 3 nitrogen and oxygen atoms in total. The summed E-state index contributed by atoms with van der Waals surface area (Å²) in [5, 5.41) is 8.42. The smallest absolute Gasteiger partial charge is 0.188 e. The van der Waals surface area contributed by atoms with Gasteiger partial charge in [0.1, 0.15) is 0 Å². The molecular weight excluding hydrogens is 188 g/mol. The summed E-state index contributed by atoms with van der Waals surface area (Å²) in [5.74, 6) is 0.218. The molecule has 0 radical (unpaired) electrons. The first-order chi connectivity index (χ1) is 5.89. The van der Waals surface area contributed by atoms with Gasteiger partial charge < -0.3 is 10.1 Å². The Kier molecular flexibility index (Phi) is 6.37. The van der Waals surface area contributed by atoms with Crippen LogP contribution < -0.4 is 0 Å². The van der Waals surface area contributed by atoms with Gasteiger partial charge in [-0.05, 0) is 24.3 Å². The van der Waals surface area contributed by atoms with E-state index in [0.717, 1.165) is 0 Å². The first kappa shape index (κ1) is 11.5. The summed E-state index contributed by atoms with van der Waals surface area (Å²) in [5.41, 5.74) is 0. The van der Waals surface area contributed by atoms with E-state index in [-0.39, 0.29) is 18.3 Å². The van der Waals surface area contributed by atoms with E-state index in [1.165, 1.54) is 0 Å². The number of aromatic nitrogens is 2. The maximum atomic E-state index is 8.42. The largest absolute Gasteiger partial charge is 0.495 e. The zero-order valence-corrected chi connectivity index (χ0v) is 7.74. The molecule has 0 aliphatic heterocycles. The van der Waals surface area contributed by atoms with Crippen molar-refractivity contribution in [2.24, 2.45) is 0 Å². The van der Waals surface area contributed by atoms with Crippen LogP contribution in [-0.4, -0.2) is 15.1 Å². The van der Waals surface area contributed by atoms with E-state index in [1.807, 2.05) is 18.2 Å². The van der Waals surface area contributed by atoms with Crippen molar-refractivity contribution in [3.8, 4) is 5.88 Å². The molecule has 0 unspecified atom stereocenters. The Morgan fingerprint density at radius 3 is 1.92 bits per heavy atom. The van der Waals surface area contributed by atoms with Crippen molar-refractivity contribution in [3.05, 3.63) is 48.9 Å². The zero-order valence-electron chi connectivity index (χ0n) is 6.92. The number of halogens is 1. The van der Waals surface area contributed by atoms with Crippen LogP contribution in [0.5, 0.6) is 5.88 Å². The van der Waals surface area contributed by atoms with Crippen LogP contribution in [-0.2, 0) is 0 Å². The third kappa shape index (κ3) is 5.75. The first-order valence-corrected chi connectivity index (χ1v) is 3.57. The number of nitrogens with one attached hydrogen (secondary N) is 1. The second-order valence-electron chi connectivity index (χ2n) is 2.08. The highest BCUT2D eigenvalue weighted by Gasteiger charge is 1.75. The minimum atomic E-state index is 0. The number of aromatic amines is 1. The molecule has 0 fully saturated rings. The highest BCUT2D eigenvalue weighted by Crippen LogP contribution is 1.97. The lowest BCUT2D eigenvalue weighted by molar-refractivity contribution is 0.457. The molecular formula is C9H11ClN2O. The molecule has 0 atom stereocenters. The Morgan fingerprint density at radius 2 is 1.77 bits per heavy atom. The Balaban J connectivity index is 0.000000206. The van der Waals surface area contributed by atoms with Crippen molar-refractivity contribution < 1.29 is 5.11 Å². The lowest BCUT2D eigenvalue weighted by Crippen LogP contribution is -1.58. The van der Waals surface area contributed by atoms with E-state index in [9.17, 15) is 0 Å². The van der Waals surface area contributed by atoms with Crippen LogP contribution in [0.4, 0.5) is 0 Å². The highest BCUT2D eigenvalue weighted by molar-refractivity contribution is 5.85. The van der Waals surface area contributed by atoms with E-state index < -0.39 is 0 Å². The van der Waals surface area contributed by atoms with Gasteiger partial charge in [0, 0.05) is 18.6 Å². The standard InChI is InChI=1S/C5H5N.C4H5NO.ClH/c1-2-4-6-5-3-1;6-4-2-1-3-5-4;/h1-5H;1-3,5-6H;1H. The Bertz CT molecular complexity index is 257. The van der Waals surface area contributed by atoms with Gasteiger partial charge in [-0.2, -0.15) is 0 Å². The highest BCUT2D eigenvalue weighted by atomic mass is 35.5. The van der Waals surface area contributed by atoms with Crippen LogP contribution in [0.2, 0.25) is 0 Å². The lowest BCUT2D eigenvalue weighted by atomic mass is 10.5. The average Bonchev–Trinajstić information content (AvgIpc) is 2.60. The Morgan fingerprint density at radius 1 is 1.08 bits per heavy atom. The number of nitrogens with zero attached hydrogens (tertiary/aromatic N) is 1. The molecule has 0 saturated carbocycles. The molecule has 2 N–H and O–H groups in total. The summed E-state index contributed by atoms with van der Waals surface area (Å²) in [6.07, 6.45) is 5.16. The first-order valence-electron chi connectivity index (χ1n) is 3.57. The average molecular weight is 199 g/mol. The molecule has 2 heterocycles. The lowest BCUT2D eigenvalue weighted by Gasteiger charge is -1.71. The summed E-state index contributed by atoms with van der Waals surface area (Å²) >= 11 is 0. The number of hydrogen-bond donors (Lipinski definition) is 2. The predicted molar refractivity (Wildman–Crippen MR) is 53.9 cm³/mol. The van der Waals surface area contributed by atoms with E-state index in [2.05, 4.69) is 9.97 Å². The quantitative estimate of drug-likeness (QED) is 0.682. The topological polar surface area (TPSA) is 48.9 Å². The molecule has 0 bridgehead atoms. The minimum absolute atomic E-state index is 0. The van der Waals surface area contributed by atoms with Crippen molar-refractivity contribution in [1.29, 1.82) is 0 Å². The number of hydrogen-bond acceptors (Lipinski definition) is 2. The van der Waals surface area contributed by atoms with Crippen LogP contribution in [0.15, 0.2) is 48.9 Å². The van der Waals surface area contributed by atoms with Crippen molar-refractivity contribution in [2.75, 3.05) is 0 Å². The van der Waals surface area contributed by atoms with E-state index in [1.54, 1.807) is 30.7 Å². The molecule has 2 rings (SSSR count). The molecule has 0 spiro atoms. The van der Waals surface area contributed by atoms with Crippen molar-refractivity contribution in [1.82, 2.24) is 9.97 Å². The van der Waals surface area contributed by atoms with Gasteiger partial charge in [0.05, 0.1) is 0 Å². The van der Waals surface area contributed by atoms with Crippen molar-refractivity contribution >= 4 is 12.4 Å². The van der Waals surface area contributed by atoms with Crippen LogP contribution >= 0.6 is 12.4 Å². The van der Waals surface area contributed by atoms with Crippen molar-refractivity contribution in [3.63, 3.8) is 0 Å². The minimum Gasteiger partial charge on any atom is -0.495 e. The van der Waals surface area contributed by atoms with Gasteiger partial charge in [-0.3, -0.25) is 4.98 Å². The maximum Gasteiger partial charge on any atom is 0.188 e. The van der Waals surface area contributed by atoms with Gasteiger partial charge >= 0.3 is 0 Å². The normalized spacial score (nSPS) is 7.69. The SMILES string of the molecule is Cl.Oc1ccc[nH]1.c1ccncc1. The Labute approximate surface area is 82.9 Å². The van der Waals surface area contributed by atoms with E-state index in [0.29, 0.717) is 0 Å². The fourth-order valence-electron chi connectivity index (χ4n) is 0.633. The second kappa shape index (κ2) is 7.18. The molecule has 2 aromatic rings. The molecule has 0 aliphatic carbocycles. The van der Waals surface area contributed by atoms with Gasteiger partial charge in [0.15, 0.2) is 5.88 Å². The van der Waals surface area contributed by atoms with Crippen LogP contribution in [0.1, 0.15) is 0 Å². The summed E-state index contributed by atoms with van der Waals surface area (Å²) in [4.78, 5) is 6.34. The van der Waals surface area contributed by atoms with Crippen molar-refractivity contribution in [2.45, 2.75) is 0 Å². The van der Waals surface area contributed by atoms with Gasteiger partial charge in [-0.15, -0.1) is 12.4 Å². The fraction of sp³-hybridized carbons (Fsp3) is 0. The molecule has 0 aliphatic rings. The molecule has 13 heavy (non-hydrogen) atoms. The zero-order chi connectivity index (χ0) is 8.65. The molecule has 2 aromatic heterocycles. The van der Waals surface area contributed by atoms with Gasteiger partial charge in [-0.1, -0.05) is 6.07 Å². The summed E-state index contributed by atoms with van der Waals surface area (Å²) in [7, 11) is 0. The molecule has 0 aromatic carbocycles. The number of aromatic hydroxyl groups is 1. The Hall–Kier alpha value is -1.48. The second-order valence-corrected chi connectivity index (χ2v) is 2.08. The van der Waals surface area contributed by atoms with Crippen LogP contribution in [0.25, 0.3) is 0 Å². The third-order valence-electron chi connectivity index (χ3n) is 1.15. The molecule has 0 amide bonds. The molecule has 70 valence electrons. The van der Waals surface area contributed by atoms with Gasteiger partial charge in [-0.25, -0.2) is 0 Å². The third-order valence-corrected chi connectivity index (χ3v) is 1.15. The van der Waals surface area contributed by atoms with Crippen LogP contribution in [0.3, 0.4) is 0 Å². The summed E-state index contributed by atoms with van der Waals surface area (Å²) in [6.45, 7) is 0. The van der Waals surface area contributed by atoms with E-state index in [4.69, 9.17) is 5.11 Å².